The van der Waals surface area contributed by atoms with Gasteiger partial charge in [-0.3, -0.25) is 0 Å². The lowest BCUT2D eigenvalue weighted by Gasteiger charge is -2.19. The van der Waals surface area contributed by atoms with Crippen molar-refractivity contribution >= 4 is 27.6 Å². The van der Waals surface area contributed by atoms with Gasteiger partial charge in [0.15, 0.2) is 0 Å². The summed E-state index contributed by atoms with van der Waals surface area (Å²) in [7, 11) is 1.98. The van der Waals surface area contributed by atoms with Gasteiger partial charge in [-0.2, -0.15) is 0 Å². The van der Waals surface area contributed by atoms with Gasteiger partial charge in [-0.15, -0.1) is 0 Å². The molecule has 0 saturated carbocycles. The van der Waals surface area contributed by atoms with E-state index in [4.69, 9.17) is 5.11 Å². The van der Waals surface area contributed by atoms with Crippen molar-refractivity contribution in [3.63, 3.8) is 0 Å². The molecule has 0 spiro atoms. The first-order valence-electron chi connectivity index (χ1n) is 5.85. The van der Waals surface area contributed by atoms with E-state index in [1.165, 1.54) is 5.56 Å². The summed E-state index contributed by atoms with van der Waals surface area (Å²) >= 11 is 3.41. The average Bonchev–Trinajstić information content (AvgIpc) is 2.41. The van der Waals surface area contributed by atoms with Crippen LogP contribution in [0.15, 0.2) is 53.0 Å². The number of hydrogen-bond acceptors (Lipinski definition) is 2. The number of carboxylic acid groups (broad SMARTS) is 1. The fourth-order valence-electron chi connectivity index (χ4n) is 1.81. The van der Waals surface area contributed by atoms with Crippen molar-refractivity contribution in [3.05, 3.63) is 64.1 Å². The second-order valence-corrected chi connectivity index (χ2v) is 5.25. The van der Waals surface area contributed by atoms with Crippen molar-refractivity contribution < 1.29 is 9.90 Å². The predicted molar refractivity (Wildman–Crippen MR) is 79.7 cm³/mol. The highest BCUT2D eigenvalue weighted by molar-refractivity contribution is 9.10. The molecular weight excluding hydrogens is 306 g/mol. The standard InChI is InChI=1S/C15H14BrNO2/c1-17(10-11-2-6-13(16)7-3-11)14-8-4-12(5-9-14)15(18)19/h2-9H,10H2,1H3,(H,18,19). The minimum Gasteiger partial charge on any atom is -0.478 e. The van der Waals surface area contributed by atoms with Crippen LogP contribution in [0.1, 0.15) is 15.9 Å². The number of carbonyl (C=O) groups is 1. The number of anilines is 1. The summed E-state index contributed by atoms with van der Waals surface area (Å²) < 4.78 is 1.06. The van der Waals surface area contributed by atoms with E-state index in [1.54, 1.807) is 12.1 Å². The summed E-state index contributed by atoms with van der Waals surface area (Å²) in [5.74, 6) is -0.901. The Labute approximate surface area is 120 Å². The smallest absolute Gasteiger partial charge is 0.335 e. The molecule has 0 aliphatic heterocycles. The fraction of sp³-hybridized carbons (Fsp3) is 0.133. The average molecular weight is 320 g/mol. The zero-order valence-electron chi connectivity index (χ0n) is 10.5. The highest BCUT2D eigenvalue weighted by Crippen LogP contribution is 2.18. The van der Waals surface area contributed by atoms with Crippen LogP contribution in [-0.4, -0.2) is 18.1 Å². The minimum atomic E-state index is -0.901. The number of carboxylic acids is 1. The molecule has 19 heavy (non-hydrogen) atoms. The van der Waals surface area contributed by atoms with Crippen LogP contribution in [0.2, 0.25) is 0 Å². The van der Waals surface area contributed by atoms with E-state index in [0.29, 0.717) is 5.56 Å². The zero-order chi connectivity index (χ0) is 13.8. The summed E-state index contributed by atoms with van der Waals surface area (Å²) in [5.41, 5.74) is 2.50. The van der Waals surface area contributed by atoms with Gasteiger partial charge in [-0.1, -0.05) is 28.1 Å². The third kappa shape index (κ3) is 3.58. The van der Waals surface area contributed by atoms with E-state index in [9.17, 15) is 4.79 Å². The van der Waals surface area contributed by atoms with Crippen LogP contribution in [0.5, 0.6) is 0 Å². The lowest BCUT2D eigenvalue weighted by atomic mass is 10.1. The second-order valence-electron chi connectivity index (χ2n) is 4.33. The lowest BCUT2D eigenvalue weighted by molar-refractivity contribution is 0.0697. The van der Waals surface area contributed by atoms with Crippen molar-refractivity contribution in [1.82, 2.24) is 0 Å². The molecule has 0 saturated heterocycles. The molecule has 2 aromatic rings. The van der Waals surface area contributed by atoms with Gasteiger partial charge >= 0.3 is 5.97 Å². The molecule has 98 valence electrons. The Kier molecular flexibility index (Phi) is 4.22. The molecule has 0 aliphatic rings. The number of aromatic carboxylic acids is 1. The Balaban J connectivity index is 2.09. The SMILES string of the molecule is CN(Cc1ccc(Br)cc1)c1ccc(C(=O)O)cc1. The monoisotopic (exact) mass is 319 g/mol. The maximum atomic E-state index is 10.8. The molecule has 0 aliphatic carbocycles. The summed E-state index contributed by atoms with van der Waals surface area (Å²) in [4.78, 5) is 12.9. The molecule has 0 atom stereocenters. The highest BCUT2D eigenvalue weighted by Gasteiger charge is 2.05. The van der Waals surface area contributed by atoms with E-state index in [0.717, 1.165) is 16.7 Å². The van der Waals surface area contributed by atoms with Crippen LogP contribution in [-0.2, 0) is 6.54 Å². The van der Waals surface area contributed by atoms with Crippen molar-refractivity contribution in [1.29, 1.82) is 0 Å². The molecule has 0 unspecified atom stereocenters. The Morgan fingerprint density at radius 3 is 2.21 bits per heavy atom. The molecule has 1 N–H and O–H groups in total. The number of hydrogen-bond donors (Lipinski definition) is 1. The van der Waals surface area contributed by atoms with Gasteiger partial charge in [0.1, 0.15) is 0 Å². The quantitative estimate of drug-likeness (QED) is 0.932. The lowest BCUT2D eigenvalue weighted by Crippen LogP contribution is -2.16. The number of benzene rings is 2. The molecule has 0 aromatic heterocycles. The van der Waals surface area contributed by atoms with Gasteiger partial charge in [0, 0.05) is 23.8 Å². The van der Waals surface area contributed by atoms with Crippen molar-refractivity contribution in [2.75, 3.05) is 11.9 Å². The normalized spacial score (nSPS) is 10.2. The third-order valence-electron chi connectivity index (χ3n) is 2.89. The Morgan fingerprint density at radius 1 is 1.11 bits per heavy atom. The van der Waals surface area contributed by atoms with Crippen LogP contribution >= 0.6 is 15.9 Å². The van der Waals surface area contributed by atoms with Gasteiger partial charge in [-0.25, -0.2) is 4.79 Å². The van der Waals surface area contributed by atoms with Gasteiger partial charge < -0.3 is 10.0 Å². The Morgan fingerprint density at radius 2 is 1.68 bits per heavy atom. The highest BCUT2D eigenvalue weighted by atomic mass is 79.9. The van der Waals surface area contributed by atoms with Crippen molar-refractivity contribution in [2.45, 2.75) is 6.54 Å². The van der Waals surface area contributed by atoms with Crippen molar-refractivity contribution in [2.24, 2.45) is 0 Å². The van der Waals surface area contributed by atoms with Gasteiger partial charge in [-0.05, 0) is 42.0 Å². The van der Waals surface area contributed by atoms with E-state index in [2.05, 4.69) is 33.0 Å². The number of nitrogens with zero attached hydrogens (tertiary/aromatic N) is 1. The Hall–Kier alpha value is -1.81. The predicted octanol–water partition coefficient (Wildman–Crippen LogP) is 3.78. The largest absolute Gasteiger partial charge is 0.478 e. The molecule has 4 heteroatoms. The van der Waals surface area contributed by atoms with Gasteiger partial charge in [0.2, 0.25) is 0 Å². The first kappa shape index (κ1) is 13.6. The second kappa shape index (κ2) is 5.89. The van der Waals surface area contributed by atoms with E-state index in [-0.39, 0.29) is 0 Å². The van der Waals surface area contributed by atoms with Crippen LogP contribution in [0.3, 0.4) is 0 Å². The molecule has 0 fully saturated rings. The topological polar surface area (TPSA) is 40.5 Å². The summed E-state index contributed by atoms with van der Waals surface area (Å²) in [6.45, 7) is 0.777. The first-order chi connectivity index (χ1) is 9.06. The molecule has 0 radical (unpaired) electrons. The molecule has 2 rings (SSSR count). The summed E-state index contributed by atoms with van der Waals surface area (Å²) in [6, 6.07) is 15.0. The van der Waals surface area contributed by atoms with Crippen LogP contribution in [0, 0.1) is 0 Å². The molecule has 3 nitrogen and oxygen atoms in total. The molecule has 0 heterocycles. The number of halogens is 1. The zero-order valence-corrected chi connectivity index (χ0v) is 12.1. The van der Waals surface area contributed by atoms with Crippen LogP contribution < -0.4 is 4.90 Å². The summed E-state index contributed by atoms with van der Waals surface area (Å²) in [5, 5.41) is 8.86. The first-order valence-corrected chi connectivity index (χ1v) is 6.64. The maximum absolute atomic E-state index is 10.8. The van der Waals surface area contributed by atoms with Gasteiger partial charge in [0.05, 0.1) is 5.56 Å². The van der Waals surface area contributed by atoms with Crippen LogP contribution in [0.25, 0.3) is 0 Å². The minimum absolute atomic E-state index is 0.306. The molecule has 0 amide bonds. The molecular formula is C15H14BrNO2. The molecule has 0 bridgehead atoms. The van der Waals surface area contributed by atoms with Gasteiger partial charge in [0.25, 0.3) is 0 Å². The maximum Gasteiger partial charge on any atom is 0.335 e. The summed E-state index contributed by atoms with van der Waals surface area (Å²) in [6.07, 6.45) is 0. The van der Waals surface area contributed by atoms with E-state index in [1.807, 2.05) is 31.3 Å². The number of rotatable bonds is 4. The van der Waals surface area contributed by atoms with Crippen molar-refractivity contribution in [3.8, 4) is 0 Å². The fourth-order valence-corrected chi connectivity index (χ4v) is 2.08. The van der Waals surface area contributed by atoms with Crippen LogP contribution in [0.4, 0.5) is 5.69 Å². The van der Waals surface area contributed by atoms with E-state index >= 15 is 0 Å². The third-order valence-corrected chi connectivity index (χ3v) is 3.42. The Bertz CT molecular complexity index is 564. The molecule has 2 aromatic carbocycles. The van der Waals surface area contributed by atoms with E-state index < -0.39 is 5.97 Å².